The van der Waals surface area contributed by atoms with Gasteiger partial charge in [-0.05, 0) is 24.6 Å². The van der Waals surface area contributed by atoms with Crippen LogP contribution in [-0.4, -0.2) is 49.8 Å². The first-order chi connectivity index (χ1) is 11.0. The fourth-order valence-electron chi connectivity index (χ4n) is 1.88. The number of carbonyl (C=O) groups is 2. The number of hydrogen-bond donors (Lipinski definition) is 2. The highest BCUT2D eigenvalue weighted by atomic mass is 32.1. The minimum absolute atomic E-state index is 0.00526. The largest absolute Gasteiger partial charge is 0.462 e. The molecule has 7 nitrogen and oxygen atoms in total. The van der Waals surface area contributed by atoms with Crippen molar-refractivity contribution in [2.24, 2.45) is 5.73 Å². The molecular formula is C15H19N3O4S. The van der Waals surface area contributed by atoms with E-state index in [1.54, 1.807) is 12.3 Å². The Morgan fingerprint density at radius 3 is 2.91 bits per heavy atom. The van der Waals surface area contributed by atoms with E-state index in [0.29, 0.717) is 11.5 Å². The fraction of sp³-hybridized carbons (Fsp3) is 0.400. The molecule has 8 heteroatoms. The quantitative estimate of drug-likeness (QED) is 0.573. The van der Waals surface area contributed by atoms with Crippen LogP contribution in [0.5, 0.6) is 0 Å². The van der Waals surface area contributed by atoms with Crippen molar-refractivity contribution in [3.63, 3.8) is 0 Å². The highest BCUT2D eigenvalue weighted by molar-refractivity contribution is 7.21. The molecule has 1 atom stereocenters. The van der Waals surface area contributed by atoms with E-state index in [9.17, 15) is 9.59 Å². The molecule has 0 aromatic carbocycles. The third-order valence-corrected chi connectivity index (χ3v) is 4.41. The minimum Gasteiger partial charge on any atom is -0.462 e. The highest BCUT2D eigenvalue weighted by Gasteiger charge is 2.18. The number of fused-ring (bicyclic) bond motifs is 1. The lowest BCUT2D eigenvalue weighted by Crippen LogP contribution is -2.43. The molecule has 2 heterocycles. The summed E-state index contributed by atoms with van der Waals surface area (Å²) in [6.45, 7) is 2.41. The molecule has 0 spiro atoms. The summed E-state index contributed by atoms with van der Waals surface area (Å²) < 4.78 is 10.6. The molecule has 0 saturated carbocycles. The van der Waals surface area contributed by atoms with Crippen molar-refractivity contribution in [1.29, 1.82) is 0 Å². The maximum atomic E-state index is 12.2. The Hall–Kier alpha value is -2.03. The Morgan fingerprint density at radius 2 is 2.22 bits per heavy atom. The van der Waals surface area contributed by atoms with Crippen LogP contribution in [0.15, 0.2) is 18.3 Å². The first-order valence-electron chi connectivity index (χ1n) is 7.07. The second kappa shape index (κ2) is 8.00. The Balaban J connectivity index is 1.90. The minimum atomic E-state index is -0.912. The lowest BCUT2D eigenvalue weighted by molar-refractivity contribution is -0.146. The van der Waals surface area contributed by atoms with Gasteiger partial charge in [-0.1, -0.05) is 0 Å². The van der Waals surface area contributed by atoms with Gasteiger partial charge in [0.05, 0.1) is 21.7 Å². The van der Waals surface area contributed by atoms with Crippen LogP contribution >= 0.6 is 11.3 Å². The van der Waals surface area contributed by atoms with Crippen LogP contribution in [0.25, 0.3) is 10.2 Å². The molecule has 124 valence electrons. The van der Waals surface area contributed by atoms with Gasteiger partial charge in [-0.3, -0.25) is 14.6 Å². The molecule has 0 aliphatic carbocycles. The number of hydrogen-bond acceptors (Lipinski definition) is 7. The summed E-state index contributed by atoms with van der Waals surface area (Å²) in [4.78, 5) is 28.5. The average molecular weight is 337 g/mol. The lowest BCUT2D eigenvalue weighted by atomic mass is 10.2. The molecule has 0 bridgehead atoms. The van der Waals surface area contributed by atoms with Crippen molar-refractivity contribution in [3.8, 4) is 0 Å². The number of thiophene rings is 1. The molecule has 2 aromatic heterocycles. The van der Waals surface area contributed by atoms with Gasteiger partial charge in [-0.25, -0.2) is 0 Å². The van der Waals surface area contributed by atoms with Gasteiger partial charge in [0, 0.05) is 19.9 Å². The first kappa shape index (κ1) is 17.3. The van der Waals surface area contributed by atoms with E-state index < -0.39 is 12.0 Å². The van der Waals surface area contributed by atoms with Crippen molar-refractivity contribution < 1.29 is 19.1 Å². The number of aryl methyl sites for hydroxylation is 1. The number of carbonyl (C=O) groups excluding carboxylic acids is 2. The van der Waals surface area contributed by atoms with Gasteiger partial charge in [0.15, 0.2) is 0 Å². The molecule has 0 aliphatic rings. The third kappa shape index (κ3) is 4.47. The monoisotopic (exact) mass is 337 g/mol. The number of methoxy groups -OCH3 is 1. The van der Waals surface area contributed by atoms with Gasteiger partial charge in [0.25, 0.3) is 5.91 Å². The number of nitrogens with zero attached hydrogens (tertiary/aromatic N) is 1. The van der Waals surface area contributed by atoms with Gasteiger partial charge in [0.1, 0.15) is 12.6 Å². The predicted molar refractivity (Wildman–Crippen MR) is 87.5 cm³/mol. The zero-order chi connectivity index (χ0) is 16.8. The van der Waals surface area contributed by atoms with Crippen molar-refractivity contribution in [1.82, 2.24) is 10.3 Å². The number of rotatable bonds is 7. The molecule has 0 saturated heterocycles. The standard InChI is InChI=1S/C15H19N3O4S/c1-9-3-4-17-11-7-12(23-13(9)11)14(19)18-8-10(16)15(20)22-6-5-21-2/h3-4,7,10H,5-6,8,16H2,1-2H3,(H,18,19). The summed E-state index contributed by atoms with van der Waals surface area (Å²) in [7, 11) is 1.51. The molecule has 3 N–H and O–H groups in total. The van der Waals surface area contributed by atoms with Crippen LogP contribution in [0.2, 0.25) is 0 Å². The Bertz CT molecular complexity index is 701. The second-order valence-corrected chi connectivity index (χ2v) is 5.98. The van der Waals surface area contributed by atoms with E-state index in [1.165, 1.54) is 18.4 Å². The van der Waals surface area contributed by atoms with E-state index in [1.807, 2.05) is 13.0 Å². The molecule has 0 radical (unpaired) electrons. The van der Waals surface area contributed by atoms with E-state index in [0.717, 1.165) is 15.8 Å². The molecule has 2 rings (SSSR count). The molecule has 23 heavy (non-hydrogen) atoms. The number of nitrogens with two attached hydrogens (primary N) is 1. The smallest absolute Gasteiger partial charge is 0.324 e. The summed E-state index contributed by atoms with van der Waals surface area (Å²) in [6.07, 6.45) is 1.71. The Morgan fingerprint density at radius 1 is 1.43 bits per heavy atom. The summed E-state index contributed by atoms with van der Waals surface area (Å²) in [5.74, 6) is -0.858. The fourth-order valence-corrected chi connectivity index (χ4v) is 2.88. The maximum absolute atomic E-state index is 12.2. The molecule has 1 amide bonds. The Kier molecular flexibility index (Phi) is 6.03. The SMILES string of the molecule is COCCOC(=O)C(N)CNC(=O)c1cc2nccc(C)c2s1. The number of amides is 1. The van der Waals surface area contributed by atoms with Gasteiger partial charge in [-0.2, -0.15) is 0 Å². The maximum Gasteiger partial charge on any atom is 0.324 e. The van der Waals surface area contributed by atoms with E-state index in [2.05, 4.69) is 10.3 Å². The molecular weight excluding hydrogens is 318 g/mol. The van der Waals surface area contributed by atoms with Crippen LogP contribution in [-0.2, 0) is 14.3 Å². The van der Waals surface area contributed by atoms with Crippen LogP contribution < -0.4 is 11.1 Å². The predicted octanol–water partition coefficient (Wildman–Crippen LogP) is 0.851. The Labute approximate surface area is 137 Å². The van der Waals surface area contributed by atoms with E-state index in [-0.39, 0.29) is 19.1 Å². The van der Waals surface area contributed by atoms with Gasteiger partial charge >= 0.3 is 5.97 Å². The van der Waals surface area contributed by atoms with Gasteiger partial charge < -0.3 is 20.5 Å². The van der Waals surface area contributed by atoms with Crippen molar-refractivity contribution in [2.45, 2.75) is 13.0 Å². The summed E-state index contributed by atoms with van der Waals surface area (Å²) in [6, 6.07) is 2.71. The molecule has 2 aromatic rings. The third-order valence-electron chi connectivity index (χ3n) is 3.15. The van der Waals surface area contributed by atoms with Crippen LogP contribution in [0.4, 0.5) is 0 Å². The van der Waals surface area contributed by atoms with Gasteiger partial charge in [0.2, 0.25) is 0 Å². The zero-order valence-corrected chi connectivity index (χ0v) is 13.8. The van der Waals surface area contributed by atoms with Crippen LogP contribution in [0.1, 0.15) is 15.2 Å². The van der Waals surface area contributed by atoms with Crippen molar-refractivity contribution in [3.05, 3.63) is 28.8 Å². The van der Waals surface area contributed by atoms with Crippen molar-refractivity contribution >= 4 is 33.4 Å². The number of aromatic nitrogens is 1. The topological polar surface area (TPSA) is 104 Å². The number of esters is 1. The van der Waals surface area contributed by atoms with E-state index in [4.69, 9.17) is 15.2 Å². The number of ether oxygens (including phenoxy) is 2. The van der Waals surface area contributed by atoms with Gasteiger partial charge in [-0.15, -0.1) is 11.3 Å². The average Bonchev–Trinajstić information content (AvgIpc) is 2.98. The normalized spacial score (nSPS) is 12.1. The molecule has 0 fully saturated rings. The number of pyridine rings is 1. The van der Waals surface area contributed by atoms with Crippen LogP contribution in [0.3, 0.4) is 0 Å². The lowest BCUT2D eigenvalue weighted by Gasteiger charge is -2.11. The first-order valence-corrected chi connectivity index (χ1v) is 7.89. The summed E-state index contributed by atoms with van der Waals surface area (Å²) in [5.41, 5.74) is 7.53. The van der Waals surface area contributed by atoms with Crippen LogP contribution in [0, 0.1) is 6.92 Å². The highest BCUT2D eigenvalue weighted by Crippen LogP contribution is 2.26. The zero-order valence-electron chi connectivity index (χ0n) is 13.0. The summed E-state index contributed by atoms with van der Waals surface area (Å²) in [5, 5.41) is 2.64. The molecule has 0 aliphatic heterocycles. The second-order valence-electron chi connectivity index (χ2n) is 4.93. The summed E-state index contributed by atoms with van der Waals surface area (Å²) >= 11 is 1.36. The number of nitrogens with one attached hydrogen (secondary N) is 1. The van der Waals surface area contributed by atoms with Crippen molar-refractivity contribution in [2.75, 3.05) is 26.9 Å². The molecule has 1 unspecified atom stereocenters. The van der Waals surface area contributed by atoms with E-state index >= 15 is 0 Å².